The molecule has 1 aliphatic rings. The molecule has 0 bridgehead atoms. The third kappa shape index (κ3) is 3.62. The predicted octanol–water partition coefficient (Wildman–Crippen LogP) is 3.73. The van der Waals surface area contributed by atoms with E-state index in [-0.39, 0.29) is 12.0 Å². The van der Waals surface area contributed by atoms with E-state index in [1.807, 2.05) is 25.1 Å². The van der Waals surface area contributed by atoms with Crippen LogP contribution in [0.1, 0.15) is 51.1 Å². The standard InChI is InChI=1S/C17H23NO2/c1-3-20-17(19)15-11-7-8-12-16(15)18-13(2)14-9-5-4-6-10-14/h4-6,9-10,13,18H,3,7-8,11-12H2,1-2H3/t13-/m1/s1. The fraction of sp³-hybridized carbons (Fsp3) is 0.471. The van der Waals surface area contributed by atoms with E-state index in [0.717, 1.165) is 37.0 Å². The first kappa shape index (κ1) is 14.6. The zero-order chi connectivity index (χ0) is 14.4. The third-order valence-corrected chi connectivity index (χ3v) is 3.68. The molecule has 20 heavy (non-hydrogen) atoms. The topological polar surface area (TPSA) is 38.3 Å². The number of hydrogen-bond acceptors (Lipinski definition) is 3. The van der Waals surface area contributed by atoms with E-state index in [0.29, 0.717) is 6.61 Å². The number of rotatable bonds is 5. The maximum Gasteiger partial charge on any atom is 0.335 e. The van der Waals surface area contributed by atoms with E-state index in [4.69, 9.17) is 4.74 Å². The van der Waals surface area contributed by atoms with Crippen LogP contribution >= 0.6 is 0 Å². The van der Waals surface area contributed by atoms with E-state index in [1.165, 1.54) is 5.56 Å². The van der Waals surface area contributed by atoms with Crippen molar-refractivity contribution < 1.29 is 9.53 Å². The quantitative estimate of drug-likeness (QED) is 0.831. The van der Waals surface area contributed by atoms with Gasteiger partial charge >= 0.3 is 5.97 Å². The number of hydrogen-bond donors (Lipinski definition) is 1. The summed E-state index contributed by atoms with van der Waals surface area (Å²) in [5.41, 5.74) is 3.13. The van der Waals surface area contributed by atoms with E-state index < -0.39 is 0 Å². The van der Waals surface area contributed by atoms with Crippen molar-refractivity contribution >= 4 is 5.97 Å². The van der Waals surface area contributed by atoms with Gasteiger partial charge in [-0.05, 0) is 45.1 Å². The summed E-state index contributed by atoms with van der Waals surface area (Å²) in [6, 6.07) is 10.5. The van der Waals surface area contributed by atoms with Crippen LogP contribution in [0.15, 0.2) is 41.6 Å². The highest BCUT2D eigenvalue weighted by molar-refractivity contribution is 5.89. The summed E-state index contributed by atoms with van der Waals surface area (Å²) >= 11 is 0. The smallest absolute Gasteiger partial charge is 0.335 e. The fourth-order valence-electron chi connectivity index (χ4n) is 2.59. The van der Waals surface area contributed by atoms with Crippen molar-refractivity contribution in [1.82, 2.24) is 5.32 Å². The molecular formula is C17H23NO2. The fourth-order valence-corrected chi connectivity index (χ4v) is 2.59. The molecular weight excluding hydrogens is 250 g/mol. The first-order valence-electron chi connectivity index (χ1n) is 7.43. The molecule has 3 nitrogen and oxygen atoms in total. The third-order valence-electron chi connectivity index (χ3n) is 3.68. The van der Waals surface area contributed by atoms with Crippen LogP contribution in [0.3, 0.4) is 0 Å². The molecule has 3 heteroatoms. The van der Waals surface area contributed by atoms with Crippen molar-refractivity contribution in [2.75, 3.05) is 6.61 Å². The molecule has 1 aliphatic carbocycles. The highest BCUT2D eigenvalue weighted by Crippen LogP contribution is 2.26. The Bertz CT molecular complexity index is 479. The minimum Gasteiger partial charge on any atom is -0.463 e. The molecule has 0 spiro atoms. The molecule has 0 radical (unpaired) electrons. The van der Waals surface area contributed by atoms with Crippen molar-refractivity contribution in [1.29, 1.82) is 0 Å². The van der Waals surface area contributed by atoms with Crippen molar-refractivity contribution in [2.24, 2.45) is 0 Å². The van der Waals surface area contributed by atoms with Gasteiger partial charge in [-0.2, -0.15) is 0 Å². The molecule has 0 saturated carbocycles. The van der Waals surface area contributed by atoms with E-state index in [2.05, 4.69) is 24.4 Å². The van der Waals surface area contributed by atoms with Crippen molar-refractivity contribution in [2.45, 2.75) is 45.6 Å². The number of allylic oxidation sites excluding steroid dienone is 1. The van der Waals surface area contributed by atoms with Gasteiger partial charge in [-0.15, -0.1) is 0 Å². The van der Waals surface area contributed by atoms with Crippen LogP contribution in [-0.4, -0.2) is 12.6 Å². The molecule has 1 aromatic rings. The molecule has 0 saturated heterocycles. The average Bonchev–Trinajstić information content (AvgIpc) is 2.49. The lowest BCUT2D eigenvalue weighted by atomic mass is 9.95. The molecule has 0 heterocycles. The number of ether oxygens (including phenoxy) is 1. The SMILES string of the molecule is CCOC(=O)C1=C(N[C@H](C)c2ccccc2)CCCC1. The van der Waals surface area contributed by atoms with Gasteiger partial charge in [-0.25, -0.2) is 4.79 Å². The lowest BCUT2D eigenvalue weighted by molar-refractivity contribution is -0.138. The molecule has 0 unspecified atom stereocenters. The Kier molecular flexibility index (Phi) is 5.22. The molecule has 1 N–H and O–H groups in total. The minimum absolute atomic E-state index is 0.157. The lowest BCUT2D eigenvalue weighted by Gasteiger charge is -2.24. The van der Waals surface area contributed by atoms with Crippen LogP contribution in [0, 0.1) is 0 Å². The molecule has 2 rings (SSSR count). The van der Waals surface area contributed by atoms with Crippen LogP contribution in [0.25, 0.3) is 0 Å². The van der Waals surface area contributed by atoms with Gasteiger partial charge in [0.05, 0.1) is 12.2 Å². The molecule has 1 atom stereocenters. The van der Waals surface area contributed by atoms with Gasteiger partial charge in [0.15, 0.2) is 0 Å². The molecule has 108 valence electrons. The Morgan fingerprint density at radius 3 is 2.65 bits per heavy atom. The Morgan fingerprint density at radius 2 is 1.95 bits per heavy atom. The first-order chi connectivity index (χ1) is 9.72. The van der Waals surface area contributed by atoms with Gasteiger partial charge in [-0.3, -0.25) is 0 Å². The largest absolute Gasteiger partial charge is 0.463 e. The van der Waals surface area contributed by atoms with Gasteiger partial charge in [0.2, 0.25) is 0 Å². The van der Waals surface area contributed by atoms with Crippen molar-refractivity contribution in [3.8, 4) is 0 Å². The molecule has 0 aromatic heterocycles. The van der Waals surface area contributed by atoms with Gasteiger partial charge in [-0.1, -0.05) is 30.3 Å². The van der Waals surface area contributed by atoms with Crippen LogP contribution < -0.4 is 5.32 Å². The summed E-state index contributed by atoms with van der Waals surface area (Å²) in [6.07, 6.45) is 3.96. The van der Waals surface area contributed by atoms with Crippen LogP contribution in [0.2, 0.25) is 0 Å². The highest BCUT2D eigenvalue weighted by atomic mass is 16.5. The monoisotopic (exact) mass is 273 g/mol. The second-order valence-electron chi connectivity index (χ2n) is 5.16. The second kappa shape index (κ2) is 7.13. The van der Waals surface area contributed by atoms with Gasteiger partial charge in [0.1, 0.15) is 0 Å². The second-order valence-corrected chi connectivity index (χ2v) is 5.16. The Hall–Kier alpha value is -1.77. The first-order valence-corrected chi connectivity index (χ1v) is 7.43. The minimum atomic E-state index is -0.157. The number of benzene rings is 1. The maximum atomic E-state index is 12.0. The van der Waals surface area contributed by atoms with E-state index in [1.54, 1.807) is 0 Å². The zero-order valence-electron chi connectivity index (χ0n) is 12.3. The average molecular weight is 273 g/mol. The summed E-state index contributed by atoms with van der Waals surface area (Å²) in [7, 11) is 0. The van der Waals surface area contributed by atoms with E-state index in [9.17, 15) is 4.79 Å². The van der Waals surface area contributed by atoms with Crippen LogP contribution in [-0.2, 0) is 9.53 Å². The van der Waals surface area contributed by atoms with Gasteiger partial charge < -0.3 is 10.1 Å². The summed E-state index contributed by atoms with van der Waals surface area (Å²) in [4.78, 5) is 12.0. The van der Waals surface area contributed by atoms with E-state index >= 15 is 0 Å². The summed E-state index contributed by atoms with van der Waals surface area (Å²) in [5.74, 6) is -0.157. The number of carbonyl (C=O) groups is 1. The molecule has 0 aliphatic heterocycles. The Labute approximate surface area is 121 Å². The lowest BCUT2D eigenvalue weighted by Crippen LogP contribution is -2.24. The van der Waals surface area contributed by atoms with Gasteiger partial charge in [0, 0.05) is 11.7 Å². The van der Waals surface area contributed by atoms with Crippen LogP contribution in [0.4, 0.5) is 0 Å². The number of esters is 1. The Balaban J connectivity index is 2.13. The Morgan fingerprint density at radius 1 is 1.25 bits per heavy atom. The maximum absolute atomic E-state index is 12.0. The highest BCUT2D eigenvalue weighted by Gasteiger charge is 2.21. The summed E-state index contributed by atoms with van der Waals surface area (Å²) in [6.45, 7) is 4.41. The zero-order valence-corrected chi connectivity index (χ0v) is 12.3. The predicted molar refractivity (Wildman–Crippen MR) is 80.1 cm³/mol. The summed E-state index contributed by atoms with van der Waals surface area (Å²) < 4.78 is 5.16. The van der Waals surface area contributed by atoms with Crippen molar-refractivity contribution in [3.05, 3.63) is 47.2 Å². The molecule has 0 fully saturated rings. The van der Waals surface area contributed by atoms with Crippen molar-refractivity contribution in [3.63, 3.8) is 0 Å². The molecule has 0 amide bonds. The van der Waals surface area contributed by atoms with Crippen LogP contribution in [0.5, 0.6) is 0 Å². The molecule has 1 aromatic carbocycles. The number of nitrogens with one attached hydrogen (secondary N) is 1. The van der Waals surface area contributed by atoms with Gasteiger partial charge in [0.25, 0.3) is 0 Å². The summed E-state index contributed by atoms with van der Waals surface area (Å²) in [5, 5.41) is 3.50. The normalized spacial score (nSPS) is 16.7. The number of carbonyl (C=O) groups excluding carboxylic acids is 1.